The third-order valence-electron chi connectivity index (χ3n) is 4.71. The summed E-state index contributed by atoms with van der Waals surface area (Å²) >= 11 is 1.45. The molecule has 0 radical (unpaired) electrons. The molecule has 2 amide bonds. The minimum atomic E-state index is -0.500. The molecule has 3 aromatic rings. The molecule has 0 unspecified atom stereocenters. The van der Waals surface area contributed by atoms with Crippen molar-refractivity contribution in [2.45, 2.75) is 26.2 Å². The van der Waals surface area contributed by atoms with Crippen LogP contribution in [0.15, 0.2) is 30.6 Å². The smallest absolute Gasteiger partial charge is 0.256 e. The first-order valence-electron chi connectivity index (χ1n) is 8.62. The van der Waals surface area contributed by atoms with Crippen molar-refractivity contribution < 1.29 is 9.59 Å². The van der Waals surface area contributed by atoms with E-state index < -0.39 is 5.91 Å². The number of nitrogens with zero attached hydrogens (tertiary/aromatic N) is 4. The molecular weight excluding hydrogens is 364 g/mol. The van der Waals surface area contributed by atoms with Gasteiger partial charge >= 0.3 is 0 Å². The Morgan fingerprint density at radius 2 is 2.22 bits per heavy atom. The molecule has 1 atom stereocenters. The lowest BCUT2D eigenvalue weighted by Gasteiger charge is -2.18. The van der Waals surface area contributed by atoms with Gasteiger partial charge in [-0.2, -0.15) is 0 Å². The molecule has 0 spiro atoms. The van der Waals surface area contributed by atoms with Crippen LogP contribution in [0.1, 0.15) is 44.5 Å². The number of nitrogens with two attached hydrogens (primary N) is 1. The first kappa shape index (κ1) is 17.3. The van der Waals surface area contributed by atoms with Crippen molar-refractivity contribution in [3.63, 3.8) is 0 Å². The van der Waals surface area contributed by atoms with Crippen molar-refractivity contribution >= 4 is 28.2 Å². The van der Waals surface area contributed by atoms with Crippen molar-refractivity contribution in [1.82, 2.24) is 20.2 Å². The molecule has 0 aliphatic heterocycles. The topological polar surface area (TPSA) is 116 Å². The van der Waals surface area contributed by atoms with Gasteiger partial charge in [-0.15, -0.1) is 16.4 Å². The molecule has 1 aliphatic carbocycles. The Labute approximate surface area is 159 Å². The standard InChI is InChI=1S/C18H18N6O2S/c1-10-5-6-13-14(7-10)27-18(15(13)16(19)25)21-17(26)11-3-2-4-12(8-11)24-9-20-22-23-24/h2-4,8-10H,5-7H2,1H3,(H2,19,25)(H,21,26)/t10-/m0/s1. The van der Waals surface area contributed by atoms with Gasteiger partial charge in [0.15, 0.2) is 0 Å². The van der Waals surface area contributed by atoms with Crippen LogP contribution in [0.2, 0.25) is 0 Å². The fourth-order valence-corrected chi connectivity index (χ4v) is 4.76. The molecule has 0 bridgehead atoms. The van der Waals surface area contributed by atoms with Gasteiger partial charge in [0.25, 0.3) is 11.8 Å². The van der Waals surface area contributed by atoms with Gasteiger partial charge in [0, 0.05) is 10.4 Å². The minimum absolute atomic E-state index is 0.306. The molecule has 27 heavy (non-hydrogen) atoms. The van der Waals surface area contributed by atoms with E-state index in [0.29, 0.717) is 27.7 Å². The summed E-state index contributed by atoms with van der Waals surface area (Å²) in [6.07, 6.45) is 4.20. The Bertz CT molecular complexity index is 1010. The number of aromatic nitrogens is 4. The summed E-state index contributed by atoms with van der Waals surface area (Å²) in [7, 11) is 0. The van der Waals surface area contributed by atoms with Crippen LogP contribution >= 0.6 is 11.3 Å². The molecule has 2 aromatic heterocycles. The van der Waals surface area contributed by atoms with Gasteiger partial charge in [-0.05, 0) is 59.4 Å². The molecular formula is C18H18N6O2S. The van der Waals surface area contributed by atoms with Gasteiger partial charge in [0.1, 0.15) is 11.3 Å². The highest BCUT2D eigenvalue weighted by Crippen LogP contribution is 2.39. The number of fused-ring (bicyclic) bond motifs is 1. The van der Waals surface area contributed by atoms with Gasteiger partial charge in [-0.1, -0.05) is 13.0 Å². The zero-order valence-electron chi connectivity index (χ0n) is 14.7. The van der Waals surface area contributed by atoms with Crippen LogP contribution < -0.4 is 11.1 Å². The summed E-state index contributed by atoms with van der Waals surface area (Å²) in [5.74, 6) is -0.243. The molecule has 1 aromatic carbocycles. The number of carbonyl (C=O) groups is 2. The Hall–Kier alpha value is -3.07. The molecule has 0 saturated heterocycles. The van der Waals surface area contributed by atoms with E-state index in [9.17, 15) is 9.59 Å². The van der Waals surface area contributed by atoms with Gasteiger partial charge < -0.3 is 11.1 Å². The Morgan fingerprint density at radius 1 is 1.37 bits per heavy atom. The van der Waals surface area contributed by atoms with Crippen molar-refractivity contribution in [1.29, 1.82) is 0 Å². The van der Waals surface area contributed by atoms with Gasteiger partial charge in [-0.25, -0.2) is 4.68 Å². The second kappa shape index (κ2) is 6.92. The number of carbonyl (C=O) groups excluding carboxylic acids is 2. The number of amides is 2. The summed E-state index contributed by atoms with van der Waals surface area (Å²) in [5.41, 5.74) is 8.16. The van der Waals surface area contributed by atoms with Crippen LogP contribution in [0.3, 0.4) is 0 Å². The molecule has 0 fully saturated rings. The van der Waals surface area contributed by atoms with E-state index >= 15 is 0 Å². The molecule has 138 valence electrons. The number of thiophene rings is 1. The number of hydrogen-bond acceptors (Lipinski definition) is 6. The van der Waals surface area contributed by atoms with Crippen LogP contribution in [0.4, 0.5) is 5.00 Å². The largest absolute Gasteiger partial charge is 0.365 e. The monoisotopic (exact) mass is 382 g/mol. The summed E-state index contributed by atoms with van der Waals surface area (Å²) in [6, 6.07) is 6.93. The molecule has 4 rings (SSSR count). The van der Waals surface area contributed by atoms with E-state index in [1.165, 1.54) is 22.3 Å². The van der Waals surface area contributed by atoms with Crippen molar-refractivity contribution in [2.24, 2.45) is 11.7 Å². The zero-order valence-corrected chi connectivity index (χ0v) is 15.5. The SMILES string of the molecule is C[C@H]1CCc2c(sc(NC(=O)c3cccc(-n4cnnn4)c3)c2C(N)=O)C1. The summed E-state index contributed by atoms with van der Waals surface area (Å²) in [4.78, 5) is 25.9. The molecule has 3 N–H and O–H groups in total. The number of anilines is 1. The highest BCUT2D eigenvalue weighted by Gasteiger charge is 2.27. The van der Waals surface area contributed by atoms with Gasteiger partial charge in [0.2, 0.25) is 0 Å². The minimum Gasteiger partial charge on any atom is -0.365 e. The van der Waals surface area contributed by atoms with Crippen LogP contribution in [0.5, 0.6) is 0 Å². The lowest BCUT2D eigenvalue weighted by molar-refractivity contribution is 0.1000. The quantitative estimate of drug-likeness (QED) is 0.718. The fourth-order valence-electron chi connectivity index (χ4n) is 3.34. The zero-order chi connectivity index (χ0) is 19.0. The fraction of sp³-hybridized carbons (Fsp3) is 0.278. The number of benzene rings is 1. The lowest BCUT2D eigenvalue weighted by Crippen LogP contribution is -2.19. The van der Waals surface area contributed by atoms with Crippen LogP contribution in [-0.2, 0) is 12.8 Å². The maximum atomic E-state index is 12.8. The van der Waals surface area contributed by atoms with Gasteiger partial charge in [0.05, 0.1) is 11.3 Å². The molecule has 2 heterocycles. The van der Waals surface area contributed by atoms with Crippen molar-refractivity contribution in [3.8, 4) is 5.69 Å². The Kier molecular flexibility index (Phi) is 4.44. The van der Waals surface area contributed by atoms with E-state index in [1.54, 1.807) is 24.3 Å². The van der Waals surface area contributed by atoms with E-state index in [0.717, 1.165) is 29.7 Å². The van der Waals surface area contributed by atoms with Crippen molar-refractivity contribution in [3.05, 3.63) is 52.2 Å². The van der Waals surface area contributed by atoms with Gasteiger partial charge in [-0.3, -0.25) is 9.59 Å². The maximum Gasteiger partial charge on any atom is 0.256 e. The number of primary amides is 1. The number of nitrogens with one attached hydrogen (secondary N) is 1. The Balaban J connectivity index is 1.64. The third kappa shape index (κ3) is 3.33. The predicted molar refractivity (Wildman–Crippen MR) is 101 cm³/mol. The number of rotatable bonds is 4. The molecule has 9 heteroatoms. The molecule has 8 nitrogen and oxygen atoms in total. The highest BCUT2D eigenvalue weighted by molar-refractivity contribution is 7.17. The van der Waals surface area contributed by atoms with Crippen molar-refractivity contribution in [2.75, 3.05) is 5.32 Å². The van der Waals surface area contributed by atoms with E-state index in [1.807, 2.05) is 0 Å². The lowest BCUT2D eigenvalue weighted by atomic mass is 9.88. The summed E-state index contributed by atoms with van der Waals surface area (Å²) in [6.45, 7) is 2.19. The predicted octanol–water partition coefficient (Wildman–Crippen LogP) is 2.20. The van der Waals surface area contributed by atoms with Crippen LogP contribution in [0.25, 0.3) is 5.69 Å². The summed E-state index contributed by atoms with van der Waals surface area (Å²) < 4.78 is 1.47. The third-order valence-corrected chi connectivity index (χ3v) is 5.88. The van der Waals surface area contributed by atoms with Crippen LogP contribution in [-0.4, -0.2) is 32.0 Å². The first-order chi connectivity index (χ1) is 13.0. The second-order valence-corrected chi connectivity index (χ2v) is 7.78. The Morgan fingerprint density at radius 3 is 2.96 bits per heavy atom. The van der Waals surface area contributed by atoms with E-state index in [4.69, 9.17) is 5.73 Å². The van der Waals surface area contributed by atoms with E-state index in [-0.39, 0.29) is 5.91 Å². The first-order valence-corrected chi connectivity index (χ1v) is 9.43. The molecule has 0 saturated carbocycles. The number of tetrazole rings is 1. The molecule has 1 aliphatic rings. The average molecular weight is 382 g/mol. The van der Waals surface area contributed by atoms with Crippen LogP contribution in [0, 0.1) is 5.92 Å². The summed E-state index contributed by atoms with van der Waals surface area (Å²) in [5, 5.41) is 14.4. The second-order valence-electron chi connectivity index (χ2n) is 6.68. The highest BCUT2D eigenvalue weighted by atomic mass is 32.1. The average Bonchev–Trinajstić information content (AvgIpc) is 3.29. The van der Waals surface area contributed by atoms with E-state index in [2.05, 4.69) is 27.8 Å². The number of hydrogen-bond donors (Lipinski definition) is 2. The maximum absolute atomic E-state index is 12.8. The normalized spacial score (nSPS) is 16.0.